The highest BCUT2D eigenvalue weighted by Crippen LogP contribution is 2.45. The molecule has 6 nitrogen and oxygen atoms in total. The monoisotopic (exact) mass is 342 g/mol. The van der Waals surface area contributed by atoms with Gasteiger partial charge < -0.3 is 24.4 Å². The number of halogens is 2. The van der Waals surface area contributed by atoms with Crippen molar-refractivity contribution >= 4 is 6.03 Å². The van der Waals surface area contributed by atoms with Crippen LogP contribution in [0.25, 0.3) is 0 Å². The van der Waals surface area contributed by atoms with Gasteiger partial charge in [-0.3, -0.25) is 0 Å². The average Bonchev–Trinajstić information content (AvgIpc) is 2.80. The molecule has 1 aromatic carbocycles. The molecule has 0 saturated carbocycles. The van der Waals surface area contributed by atoms with Crippen molar-refractivity contribution in [1.29, 1.82) is 0 Å². The lowest BCUT2D eigenvalue weighted by molar-refractivity contribution is -0.0833. The molecule has 2 atom stereocenters. The number of amides is 2. The summed E-state index contributed by atoms with van der Waals surface area (Å²) in [6.45, 7) is 1.47. The highest BCUT2D eigenvalue weighted by molar-refractivity contribution is 5.77. The van der Waals surface area contributed by atoms with Crippen LogP contribution in [-0.4, -0.2) is 59.4 Å². The molecule has 2 amide bonds. The average molecular weight is 342 g/mol. The van der Waals surface area contributed by atoms with Crippen LogP contribution in [-0.2, 0) is 0 Å². The second kappa shape index (κ2) is 5.77. The van der Waals surface area contributed by atoms with Gasteiger partial charge in [-0.1, -0.05) is 0 Å². The molecule has 3 rings (SSSR count). The van der Waals surface area contributed by atoms with E-state index in [9.17, 15) is 18.7 Å². The Morgan fingerprint density at radius 3 is 2.67 bits per heavy atom. The second-order valence-corrected chi connectivity index (χ2v) is 6.57. The third kappa shape index (κ3) is 2.75. The zero-order valence-corrected chi connectivity index (χ0v) is 13.7. The summed E-state index contributed by atoms with van der Waals surface area (Å²) in [5.74, 6) is 0.406. The van der Waals surface area contributed by atoms with Crippen LogP contribution in [0.2, 0.25) is 0 Å². The molecule has 2 heterocycles. The first-order valence-electron chi connectivity index (χ1n) is 7.68. The van der Waals surface area contributed by atoms with Gasteiger partial charge in [0, 0.05) is 25.7 Å². The van der Waals surface area contributed by atoms with Gasteiger partial charge >= 0.3 is 12.6 Å². The number of ether oxygens (including phenoxy) is 2. The van der Waals surface area contributed by atoms with E-state index in [1.54, 1.807) is 30.7 Å². The normalized spacial score (nSPS) is 25.7. The number of carbonyl (C=O) groups excluding carboxylic acids is 1. The van der Waals surface area contributed by atoms with Crippen molar-refractivity contribution in [3.63, 3.8) is 0 Å². The van der Waals surface area contributed by atoms with Gasteiger partial charge in [-0.25, -0.2) is 4.79 Å². The maximum atomic E-state index is 12.5. The molecule has 0 aliphatic carbocycles. The lowest BCUT2D eigenvalue weighted by atomic mass is 9.85. The van der Waals surface area contributed by atoms with Gasteiger partial charge in [0.1, 0.15) is 23.2 Å². The molecule has 0 spiro atoms. The van der Waals surface area contributed by atoms with Gasteiger partial charge in [-0.15, -0.1) is 0 Å². The van der Waals surface area contributed by atoms with Crippen LogP contribution in [0.15, 0.2) is 18.2 Å². The van der Waals surface area contributed by atoms with E-state index in [4.69, 9.17) is 4.74 Å². The summed E-state index contributed by atoms with van der Waals surface area (Å²) in [6, 6.07) is 3.40. The van der Waals surface area contributed by atoms with Crippen molar-refractivity contribution in [2.45, 2.75) is 38.2 Å². The largest absolute Gasteiger partial charge is 0.485 e. The fourth-order valence-electron chi connectivity index (χ4n) is 3.19. The van der Waals surface area contributed by atoms with Crippen molar-refractivity contribution in [2.75, 3.05) is 20.1 Å². The Kier molecular flexibility index (Phi) is 4.03. The smallest absolute Gasteiger partial charge is 0.387 e. The highest BCUT2D eigenvalue weighted by Gasteiger charge is 2.48. The number of fused-ring (bicyclic) bond motifs is 1. The number of aliphatic hydroxyl groups is 1. The molecule has 1 fully saturated rings. The van der Waals surface area contributed by atoms with E-state index in [2.05, 4.69) is 4.74 Å². The van der Waals surface area contributed by atoms with Crippen molar-refractivity contribution in [3.8, 4) is 11.5 Å². The number of benzene rings is 1. The molecule has 0 aromatic heterocycles. The van der Waals surface area contributed by atoms with E-state index in [-0.39, 0.29) is 11.8 Å². The molecular weight excluding hydrogens is 322 g/mol. The molecule has 0 radical (unpaired) electrons. The Balaban J connectivity index is 2.05. The Bertz CT molecular complexity index is 653. The summed E-state index contributed by atoms with van der Waals surface area (Å²) >= 11 is 0. The summed E-state index contributed by atoms with van der Waals surface area (Å²) in [5, 5.41) is 10.8. The van der Waals surface area contributed by atoms with E-state index in [0.717, 1.165) is 0 Å². The van der Waals surface area contributed by atoms with Crippen LogP contribution in [0, 0.1) is 0 Å². The Labute approximate surface area is 138 Å². The Morgan fingerprint density at radius 1 is 1.38 bits per heavy atom. The summed E-state index contributed by atoms with van der Waals surface area (Å²) in [6.07, 6.45) is -1.01. The molecule has 2 aliphatic rings. The van der Waals surface area contributed by atoms with Crippen molar-refractivity contribution in [1.82, 2.24) is 9.80 Å². The molecule has 1 aromatic rings. The molecule has 2 aliphatic heterocycles. The fourth-order valence-corrected chi connectivity index (χ4v) is 3.19. The van der Waals surface area contributed by atoms with Gasteiger partial charge in [0.2, 0.25) is 0 Å². The molecule has 8 heteroatoms. The maximum absolute atomic E-state index is 12.5. The number of aliphatic hydroxyl groups excluding tert-OH is 1. The zero-order valence-electron chi connectivity index (χ0n) is 13.7. The summed E-state index contributed by atoms with van der Waals surface area (Å²) < 4.78 is 35.2. The van der Waals surface area contributed by atoms with Crippen LogP contribution in [0.1, 0.15) is 25.5 Å². The molecule has 0 unspecified atom stereocenters. The Hall–Kier alpha value is -2.09. The van der Waals surface area contributed by atoms with Crippen molar-refractivity contribution < 1.29 is 28.2 Å². The van der Waals surface area contributed by atoms with Crippen LogP contribution in [0.5, 0.6) is 11.5 Å². The fraction of sp³-hybridized carbons (Fsp3) is 0.562. The Morgan fingerprint density at radius 2 is 2.08 bits per heavy atom. The van der Waals surface area contributed by atoms with Crippen LogP contribution in [0.3, 0.4) is 0 Å². The first-order valence-corrected chi connectivity index (χ1v) is 7.68. The predicted molar refractivity (Wildman–Crippen MR) is 81.3 cm³/mol. The van der Waals surface area contributed by atoms with Gasteiger partial charge in [0.25, 0.3) is 0 Å². The summed E-state index contributed by atoms with van der Waals surface area (Å²) in [5.41, 5.74) is -0.465. The molecular formula is C16H20F2N2O4. The maximum Gasteiger partial charge on any atom is 0.387 e. The van der Waals surface area contributed by atoms with Gasteiger partial charge in [0.15, 0.2) is 0 Å². The number of hydrogen-bond donors (Lipinski definition) is 1. The van der Waals surface area contributed by atoms with Crippen LogP contribution >= 0.6 is 0 Å². The molecule has 132 valence electrons. The second-order valence-electron chi connectivity index (χ2n) is 6.57. The SMILES string of the molecule is CN1CCN([C@@H]2c3cc(OC(F)F)ccc3OC(C)(C)[C@H]2O)C1=O. The number of rotatable bonds is 3. The summed E-state index contributed by atoms with van der Waals surface area (Å²) in [4.78, 5) is 15.5. The third-order valence-corrected chi connectivity index (χ3v) is 4.49. The van der Waals surface area contributed by atoms with Crippen molar-refractivity contribution in [3.05, 3.63) is 23.8 Å². The first-order chi connectivity index (χ1) is 11.2. The van der Waals surface area contributed by atoms with Gasteiger partial charge in [-0.05, 0) is 32.0 Å². The minimum atomic E-state index is -2.95. The van der Waals surface area contributed by atoms with Crippen LogP contribution in [0.4, 0.5) is 13.6 Å². The topological polar surface area (TPSA) is 62.2 Å². The number of nitrogens with zero attached hydrogens (tertiary/aromatic N) is 2. The van der Waals surface area contributed by atoms with Crippen LogP contribution < -0.4 is 9.47 Å². The highest BCUT2D eigenvalue weighted by atomic mass is 19.3. The third-order valence-electron chi connectivity index (χ3n) is 4.49. The molecule has 1 N–H and O–H groups in total. The lowest BCUT2D eigenvalue weighted by Crippen LogP contribution is -2.54. The quantitative estimate of drug-likeness (QED) is 0.915. The van der Waals surface area contributed by atoms with E-state index >= 15 is 0 Å². The van der Waals surface area contributed by atoms with E-state index in [1.165, 1.54) is 18.2 Å². The van der Waals surface area contributed by atoms with Gasteiger partial charge in [-0.2, -0.15) is 8.78 Å². The molecule has 0 bridgehead atoms. The van der Waals surface area contributed by atoms with Crippen molar-refractivity contribution in [2.24, 2.45) is 0 Å². The predicted octanol–water partition coefficient (Wildman–Crippen LogP) is 2.23. The van der Waals surface area contributed by atoms with E-state index in [1.807, 2.05) is 0 Å². The number of alkyl halides is 2. The minimum Gasteiger partial charge on any atom is -0.485 e. The minimum absolute atomic E-state index is 0.0377. The van der Waals surface area contributed by atoms with Gasteiger partial charge in [0.05, 0.1) is 6.04 Å². The van der Waals surface area contributed by atoms with E-state index < -0.39 is 24.4 Å². The number of hydrogen-bond acceptors (Lipinski definition) is 4. The standard InChI is InChI=1S/C16H20F2N2O4/c1-16(2)13(21)12(20-7-6-19(3)15(20)22)10-8-9(23-14(17)18)4-5-11(10)24-16/h4-5,8,12-14,21H,6-7H2,1-3H3/t12-,13+/m1/s1. The molecule has 1 saturated heterocycles. The van der Waals surface area contributed by atoms with E-state index in [0.29, 0.717) is 24.4 Å². The lowest BCUT2D eigenvalue weighted by Gasteiger charge is -2.45. The number of likely N-dealkylation sites (N-methyl/N-ethyl adjacent to an activating group) is 1. The summed E-state index contributed by atoms with van der Waals surface area (Å²) in [7, 11) is 1.68. The molecule has 24 heavy (non-hydrogen) atoms. The number of urea groups is 1. The first kappa shape index (κ1) is 16.8. The number of carbonyl (C=O) groups is 1. The zero-order chi connectivity index (χ0) is 17.6.